The Morgan fingerprint density at radius 1 is 1.00 bits per heavy atom. The van der Waals surface area contributed by atoms with Gasteiger partial charge in [0.1, 0.15) is 12.6 Å². The van der Waals surface area contributed by atoms with E-state index in [-0.39, 0.29) is 29.2 Å². The van der Waals surface area contributed by atoms with Gasteiger partial charge in [0.15, 0.2) is 0 Å². The largest absolute Gasteiger partial charge is 0.352 e. The van der Waals surface area contributed by atoms with E-state index >= 15 is 0 Å². The number of rotatable bonds is 9. The predicted octanol–water partition coefficient (Wildman–Crippen LogP) is 4.35. The molecule has 2 rings (SSSR count). The van der Waals surface area contributed by atoms with Crippen LogP contribution < -0.4 is 9.62 Å². The lowest BCUT2D eigenvalue weighted by atomic mass is 10.1. The Hall–Kier alpha value is -2.00. The van der Waals surface area contributed by atoms with Crippen LogP contribution in [0.25, 0.3) is 0 Å². The molecule has 0 aliphatic rings. The van der Waals surface area contributed by atoms with Gasteiger partial charge in [-0.15, -0.1) is 0 Å². The van der Waals surface area contributed by atoms with Crippen molar-refractivity contribution in [1.82, 2.24) is 10.2 Å². The minimum atomic E-state index is -3.90. The van der Waals surface area contributed by atoms with Gasteiger partial charge in [-0.05, 0) is 50.6 Å². The second-order valence-corrected chi connectivity index (χ2v) is 11.0. The molecule has 0 bridgehead atoms. The molecule has 7 nitrogen and oxygen atoms in total. The summed E-state index contributed by atoms with van der Waals surface area (Å²) in [6, 6.07) is 10.2. The van der Waals surface area contributed by atoms with E-state index in [0.29, 0.717) is 15.6 Å². The monoisotopic (exact) mass is 533 g/mol. The molecule has 0 radical (unpaired) electrons. The first-order valence-corrected chi connectivity index (χ1v) is 13.1. The third-order valence-electron chi connectivity index (χ3n) is 4.75. The molecule has 1 unspecified atom stereocenters. The average Bonchev–Trinajstić information content (AvgIpc) is 2.70. The summed E-state index contributed by atoms with van der Waals surface area (Å²) in [4.78, 5) is 27.4. The molecule has 0 saturated carbocycles. The molecule has 0 aliphatic heterocycles. The van der Waals surface area contributed by atoms with Crippen LogP contribution >= 0.6 is 34.8 Å². The van der Waals surface area contributed by atoms with Crippen LogP contribution in [0, 0.1) is 0 Å². The highest BCUT2D eigenvalue weighted by atomic mass is 35.5. The second kappa shape index (κ2) is 11.4. The predicted molar refractivity (Wildman–Crippen MR) is 133 cm³/mol. The van der Waals surface area contributed by atoms with Crippen LogP contribution in [0.4, 0.5) is 5.69 Å². The summed E-state index contributed by atoms with van der Waals surface area (Å²) >= 11 is 18.4. The minimum absolute atomic E-state index is 0.0111. The highest BCUT2D eigenvalue weighted by Gasteiger charge is 2.31. The Balaban J connectivity index is 2.44. The van der Waals surface area contributed by atoms with E-state index < -0.39 is 28.5 Å². The summed E-state index contributed by atoms with van der Waals surface area (Å²) in [7, 11) is -3.90. The first-order valence-electron chi connectivity index (χ1n) is 10.1. The normalized spacial score (nSPS) is 12.4. The number of anilines is 1. The highest BCUT2D eigenvalue weighted by molar-refractivity contribution is 7.92. The average molecular weight is 535 g/mol. The van der Waals surface area contributed by atoms with Crippen molar-refractivity contribution in [3.05, 3.63) is 63.1 Å². The standard InChI is InChI=1S/C22H26Cl3N3O4S/c1-14(2)26-22(30)15(3)27(12-16-7-5-6-8-18(16)24)21(29)13-28(33(4,31)32)20-10-9-17(23)11-19(20)25/h5-11,14-15H,12-13H2,1-4H3,(H,26,30). The van der Waals surface area contributed by atoms with Crippen molar-refractivity contribution in [3.8, 4) is 0 Å². The Morgan fingerprint density at radius 2 is 1.64 bits per heavy atom. The van der Waals surface area contributed by atoms with Gasteiger partial charge in [0.2, 0.25) is 21.8 Å². The minimum Gasteiger partial charge on any atom is -0.352 e. The summed E-state index contributed by atoms with van der Waals surface area (Å²) in [5.74, 6) is -0.974. The topological polar surface area (TPSA) is 86.8 Å². The molecule has 0 aliphatic carbocycles. The molecule has 2 amide bonds. The lowest BCUT2D eigenvalue weighted by Crippen LogP contribution is -2.52. The van der Waals surface area contributed by atoms with Gasteiger partial charge in [-0.1, -0.05) is 53.0 Å². The summed E-state index contributed by atoms with van der Waals surface area (Å²) < 4.78 is 26.0. The van der Waals surface area contributed by atoms with Gasteiger partial charge in [0, 0.05) is 22.6 Å². The maximum Gasteiger partial charge on any atom is 0.244 e. The SMILES string of the molecule is CC(C)NC(=O)C(C)N(Cc1ccccc1Cl)C(=O)CN(c1ccc(Cl)cc1Cl)S(C)(=O)=O. The Labute approximate surface area is 209 Å². The molecule has 180 valence electrons. The van der Waals surface area contributed by atoms with E-state index in [0.717, 1.165) is 10.6 Å². The zero-order valence-corrected chi connectivity index (χ0v) is 21.8. The zero-order chi connectivity index (χ0) is 24.9. The fourth-order valence-corrected chi connectivity index (χ4v) is 4.69. The van der Waals surface area contributed by atoms with Gasteiger partial charge < -0.3 is 10.2 Å². The molecule has 1 atom stereocenters. The number of halogens is 3. The highest BCUT2D eigenvalue weighted by Crippen LogP contribution is 2.30. The van der Waals surface area contributed by atoms with E-state index in [2.05, 4.69) is 5.32 Å². The molecule has 0 aromatic heterocycles. The smallest absolute Gasteiger partial charge is 0.244 e. The molecule has 0 fully saturated rings. The number of hydrogen-bond acceptors (Lipinski definition) is 4. The molecule has 0 saturated heterocycles. The van der Waals surface area contributed by atoms with Gasteiger partial charge in [0.05, 0.1) is 17.0 Å². The van der Waals surface area contributed by atoms with Crippen LogP contribution in [0.5, 0.6) is 0 Å². The number of sulfonamides is 1. The van der Waals surface area contributed by atoms with Gasteiger partial charge >= 0.3 is 0 Å². The Morgan fingerprint density at radius 3 is 2.18 bits per heavy atom. The van der Waals surface area contributed by atoms with E-state index in [4.69, 9.17) is 34.8 Å². The molecule has 2 aromatic rings. The van der Waals surface area contributed by atoms with Crippen LogP contribution in [-0.2, 0) is 26.2 Å². The van der Waals surface area contributed by atoms with Crippen molar-refractivity contribution >= 4 is 62.3 Å². The first-order chi connectivity index (χ1) is 15.3. The molecule has 0 heterocycles. The number of carbonyl (C=O) groups is 2. The van der Waals surface area contributed by atoms with E-state index in [1.165, 1.54) is 23.1 Å². The number of hydrogen-bond donors (Lipinski definition) is 1. The van der Waals surface area contributed by atoms with Crippen LogP contribution in [0.3, 0.4) is 0 Å². The molecule has 0 spiro atoms. The van der Waals surface area contributed by atoms with Crippen LogP contribution in [0.15, 0.2) is 42.5 Å². The van der Waals surface area contributed by atoms with E-state index in [1.54, 1.807) is 45.0 Å². The lowest BCUT2D eigenvalue weighted by molar-refractivity contribution is -0.139. The van der Waals surface area contributed by atoms with Crippen molar-refractivity contribution in [3.63, 3.8) is 0 Å². The fourth-order valence-electron chi connectivity index (χ4n) is 3.08. The molecule has 2 aromatic carbocycles. The van der Waals surface area contributed by atoms with E-state index in [1.807, 2.05) is 0 Å². The summed E-state index contributed by atoms with van der Waals surface area (Å²) in [6.07, 6.45) is 0.971. The summed E-state index contributed by atoms with van der Waals surface area (Å²) in [6.45, 7) is 4.63. The maximum absolute atomic E-state index is 13.4. The van der Waals surface area contributed by atoms with Crippen molar-refractivity contribution < 1.29 is 18.0 Å². The molecule has 11 heteroatoms. The van der Waals surface area contributed by atoms with Gasteiger partial charge in [-0.3, -0.25) is 13.9 Å². The van der Waals surface area contributed by atoms with Crippen molar-refractivity contribution in [2.45, 2.75) is 39.4 Å². The molecular formula is C22H26Cl3N3O4S. The molecule has 1 N–H and O–H groups in total. The fraction of sp³-hybridized carbons (Fsp3) is 0.364. The quantitative estimate of drug-likeness (QED) is 0.518. The van der Waals surface area contributed by atoms with Crippen molar-refractivity contribution in [2.75, 3.05) is 17.1 Å². The summed E-state index contributed by atoms with van der Waals surface area (Å²) in [5, 5.41) is 3.59. The zero-order valence-electron chi connectivity index (χ0n) is 18.7. The second-order valence-electron chi connectivity index (χ2n) is 7.82. The summed E-state index contributed by atoms with van der Waals surface area (Å²) in [5.41, 5.74) is 0.723. The van der Waals surface area contributed by atoms with E-state index in [9.17, 15) is 18.0 Å². The van der Waals surface area contributed by atoms with Crippen molar-refractivity contribution in [1.29, 1.82) is 0 Å². The first kappa shape index (κ1) is 27.2. The van der Waals surface area contributed by atoms with Crippen molar-refractivity contribution in [2.24, 2.45) is 0 Å². The third-order valence-corrected chi connectivity index (χ3v) is 6.79. The number of nitrogens with one attached hydrogen (secondary N) is 1. The van der Waals surface area contributed by atoms with Crippen LogP contribution in [-0.4, -0.2) is 50.0 Å². The number of carbonyl (C=O) groups excluding carboxylic acids is 2. The maximum atomic E-state index is 13.4. The number of benzene rings is 2. The van der Waals surface area contributed by atoms with Crippen LogP contribution in [0.2, 0.25) is 15.1 Å². The third kappa shape index (κ3) is 7.50. The molecular weight excluding hydrogens is 509 g/mol. The number of amides is 2. The van der Waals surface area contributed by atoms with Gasteiger partial charge in [0.25, 0.3) is 0 Å². The Kier molecular flexibility index (Phi) is 9.43. The Bertz CT molecular complexity index is 1130. The van der Waals surface area contributed by atoms with Gasteiger partial charge in [-0.25, -0.2) is 8.42 Å². The molecule has 33 heavy (non-hydrogen) atoms. The van der Waals surface area contributed by atoms with Crippen LogP contribution in [0.1, 0.15) is 26.3 Å². The van der Waals surface area contributed by atoms with Gasteiger partial charge in [-0.2, -0.15) is 0 Å². The lowest BCUT2D eigenvalue weighted by Gasteiger charge is -2.32. The number of nitrogens with zero attached hydrogens (tertiary/aromatic N) is 2.